The van der Waals surface area contributed by atoms with Crippen LogP contribution in [0.5, 0.6) is 69.8 Å². The number of hydrogen-bond acceptors (Lipinski definition) is 12. The number of benzene rings is 2. The molecular weight excluding hydrogens is 468 g/mol. The van der Waals surface area contributed by atoms with E-state index in [1.807, 2.05) is 0 Å². The van der Waals surface area contributed by atoms with Crippen LogP contribution in [0.15, 0.2) is 73.6 Å². The minimum absolute atomic E-state index is 0.183. The molecule has 12 bridgehead atoms. The van der Waals surface area contributed by atoms with E-state index in [0.29, 0.717) is 34.5 Å². The molecule has 0 unspecified atom stereocenters. The molecule has 3 aliphatic heterocycles. The Morgan fingerprint density at radius 3 is 0.694 bits per heavy atom. The highest BCUT2D eigenvalue weighted by molar-refractivity contribution is 5.48. The molecule has 0 saturated carbocycles. The minimum Gasteiger partial charge on any atom is -0.437 e. The standard InChI is InChI=1S/C24H12N6O6/c1-13-2-15-3-14(1)32-20-8-26-10-22(29-20)35-17-4-16(34-21-9-25-7-19(28-21)31-13)5-18(6-17)36-24-12-27-11-23(30-24)33-15/h1-12H. The Kier molecular flexibility index (Phi) is 4.45. The van der Waals surface area contributed by atoms with Gasteiger partial charge in [0.1, 0.15) is 34.5 Å². The maximum atomic E-state index is 5.95. The van der Waals surface area contributed by atoms with E-state index in [4.69, 9.17) is 28.4 Å². The molecule has 0 atom stereocenters. The Morgan fingerprint density at radius 1 is 0.306 bits per heavy atom. The van der Waals surface area contributed by atoms with Gasteiger partial charge in [0.15, 0.2) is 0 Å². The van der Waals surface area contributed by atoms with Gasteiger partial charge in [-0.05, 0) is 0 Å². The quantitative estimate of drug-likeness (QED) is 0.274. The molecule has 2 aromatic carbocycles. The van der Waals surface area contributed by atoms with Crippen molar-refractivity contribution in [3.8, 4) is 69.8 Å². The van der Waals surface area contributed by atoms with Crippen molar-refractivity contribution in [2.45, 2.75) is 0 Å². The second-order valence-electron chi connectivity index (χ2n) is 7.48. The second-order valence-corrected chi connectivity index (χ2v) is 7.48. The second kappa shape index (κ2) is 8.06. The summed E-state index contributed by atoms with van der Waals surface area (Å²) >= 11 is 0. The summed E-state index contributed by atoms with van der Waals surface area (Å²) in [7, 11) is 0. The third-order valence-corrected chi connectivity index (χ3v) is 4.81. The van der Waals surface area contributed by atoms with Gasteiger partial charge in [-0.15, -0.1) is 0 Å². The maximum Gasteiger partial charge on any atom is 0.241 e. The lowest BCUT2D eigenvalue weighted by atomic mass is 10.3. The predicted molar refractivity (Wildman–Crippen MR) is 119 cm³/mol. The molecule has 36 heavy (non-hydrogen) atoms. The highest BCUT2D eigenvalue weighted by Crippen LogP contribution is 2.38. The smallest absolute Gasteiger partial charge is 0.241 e. The van der Waals surface area contributed by atoms with Crippen molar-refractivity contribution in [1.29, 1.82) is 0 Å². The van der Waals surface area contributed by atoms with E-state index in [9.17, 15) is 0 Å². The zero-order valence-corrected chi connectivity index (χ0v) is 18.1. The normalized spacial score (nSPS) is 12.7. The van der Waals surface area contributed by atoms with Crippen LogP contribution in [0.3, 0.4) is 0 Å². The van der Waals surface area contributed by atoms with Crippen LogP contribution in [0.1, 0.15) is 0 Å². The van der Waals surface area contributed by atoms with Gasteiger partial charge in [-0.1, -0.05) is 0 Å². The number of aromatic nitrogens is 6. The lowest BCUT2D eigenvalue weighted by molar-refractivity contribution is 0.386. The first-order chi connectivity index (χ1) is 17.7. The first-order valence-electron chi connectivity index (χ1n) is 10.5. The van der Waals surface area contributed by atoms with E-state index in [0.717, 1.165) is 0 Å². The minimum atomic E-state index is 0.183. The Balaban J connectivity index is 1.49. The molecule has 0 aliphatic carbocycles. The van der Waals surface area contributed by atoms with Crippen molar-refractivity contribution in [2.75, 3.05) is 0 Å². The fourth-order valence-electron chi connectivity index (χ4n) is 3.46. The zero-order valence-electron chi connectivity index (χ0n) is 18.1. The Labute approximate surface area is 202 Å². The Hall–Kier alpha value is -5.52. The van der Waals surface area contributed by atoms with Crippen LogP contribution >= 0.6 is 0 Å². The van der Waals surface area contributed by atoms with Crippen LogP contribution in [0.25, 0.3) is 0 Å². The molecule has 0 fully saturated rings. The molecule has 6 heterocycles. The van der Waals surface area contributed by atoms with Gasteiger partial charge < -0.3 is 28.4 Å². The SMILES string of the molecule is c1c2cc3cc1Oc1cncc(n1)Oc1cc(cc(c1)Oc1cncc(n1)O3)Oc1cncc(n1)O2. The van der Waals surface area contributed by atoms with Gasteiger partial charge >= 0.3 is 0 Å². The number of nitrogens with zero attached hydrogens (tertiary/aromatic N) is 6. The number of rotatable bonds is 0. The van der Waals surface area contributed by atoms with E-state index in [-0.39, 0.29) is 35.3 Å². The summed E-state index contributed by atoms with van der Waals surface area (Å²) in [5, 5.41) is 0. The molecule has 8 rings (SSSR count). The number of ether oxygens (including phenoxy) is 6. The van der Waals surface area contributed by atoms with E-state index in [1.54, 1.807) is 36.4 Å². The zero-order chi connectivity index (χ0) is 23.9. The van der Waals surface area contributed by atoms with Crippen LogP contribution in [-0.2, 0) is 0 Å². The molecule has 3 aromatic heterocycles. The lowest BCUT2D eigenvalue weighted by Crippen LogP contribution is -1.99. The van der Waals surface area contributed by atoms with Gasteiger partial charge in [0, 0.05) is 36.4 Å². The summed E-state index contributed by atoms with van der Waals surface area (Å²) in [6, 6.07) is 9.79. The summed E-state index contributed by atoms with van der Waals surface area (Å²) in [4.78, 5) is 25.7. The molecule has 3 aliphatic rings. The number of hydrogen-bond donors (Lipinski definition) is 0. The van der Waals surface area contributed by atoms with Gasteiger partial charge in [-0.25, -0.2) is 0 Å². The third-order valence-electron chi connectivity index (χ3n) is 4.81. The third kappa shape index (κ3) is 4.09. The Morgan fingerprint density at radius 2 is 0.500 bits per heavy atom. The van der Waals surface area contributed by atoms with Crippen LogP contribution < -0.4 is 28.4 Å². The van der Waals surface area contributed by atoms with Crippen molar-refractivity contribution < 1.29 is 28.4 Å². The Bertz CT molecular complexity index is 1310. The molecule has 12 heteroatoms. The van der Waals surface area contributed by atoms with Crippen molar-refractivity contribution in [2.24, 2.45) is 0 Å². The van der Waals surface area contributed by atoms with Crippen molar-refractivity contribution >= 4 is 0 Å². The van der Waals surface area contributed by atoms with E-state index < -0.39 is 0 Å². The molecule has 0 radical (unpaired) electrons. The highest BCUT2D eigenvalue weighted by atomic mass is 16.5. The molecule has 0 spiro atoms. The molecule has 0 N–H and O–H groups in total. The van der Waals surface area contributed by atoms with Crippen molar-refractivity contribution in [1.82, 2.24) is 29.9 Å². The fourth-order valence-corrected chi connectivity index (χ4v) is 3.46. The topological polar surface area (TPSA) is 133 Å². The monoisotopic (exact) mass is 480 g/mol. The van der Waals surface area contributed by atoms with Crippen LogP contribution in [-0.4, -0.2) is 29.9 Å². The predicted octanol–water partition coefficient (Wildman–Crippen LogP) is 5.44. The molecule has 0 amide bonds. The van der Waals surface area contributed by atoms with Gasteiger partial charge in [0.2, 0.25) is 35.3 Å². The first kappa shape index (κ1) is 19.9. The van der Waals surface area contributed by atoms with E-state index in [2.05, 4.69) is 29.9 Å². The molecular formula is C24H12N6O6. The van der Waals surface area contributed by atoms with E-state index in [1.165, 1.54) is 37.2 Å². The van der Waals surface area contributed by atoms with E-state index >= 15 is 0 Å². The average Bonchev–Trinajstić information content (AvgIpc) is 2.83. The lowest BCUT2D eigenvalue weighted by Gasteiger charge is -2.15. The maximum absolute atomic E-state index is 5.95. The molecule has 5 aromatic rings. The summed E-state index contributed by atoms with van der Waals surface area (Å²) in [6.45, 7) is 0. The van der Waals surface area contributed by atoms with Gasteiger partial charge in [0.05, 0.1) is 37.2 Å². The summed E-state index contributed by atoms with van der Waals surface area (Å²) in [6.07, 6.45) is 8.70. The molecule has 174 valence electrons. The van der Waals surface area contributed by atoms with Crippen LogP contribution in [0, 0.1) is 0 Å². The van der Waals surface area contributed by atoms with Gasteiger partial charge in [-0.3, -0.25) is 15.0 Å². The first-order valence-corrected chi connectivity index (χ1v) is 10.5. The molecule has 0 saturated heterocycles. The fraction of sp³-hybridized carbons (Fsp3) is 0. The van der Waals surface area contributed by atoms with Gasteiger partial charge in [-0.2, -0.15) is 15.0 Å². The summed E-state index contributed by atoms with van der Waals surface area (Å²) in [5.41, 5.74) is 0. The van der Waals surface area contributed by atoms with Crippen LogP contribution in [0.2, 0.25) is 0 Å². The van der Waals surface area contributed by atoms with Crippen molar-refractivity contribution in [3.63, 3.8) is 0 Å². The van der Waals surface area contributed by atoms with Gasteiger partial charge in [0.25, 0.3) is 0 Å². The van der Waals surface area contributed by atoms with Crippen molar-refractivity contribution in [3.05, 3.63) is 73.6 Å². The molecule has 12 nitrogen and oxygen atoms in total. The largest absolute Gasteiger partial charge is 0.437 e. The van der Waals surface area contributed by atoms with Crippen LogP contribution in [0.4, 0.5) is 0 Å². The summed E-state index contributed by atoms with van der Waals surface area (Å²) < 4.78 is 35.7. The summed E-state index contributed by atoms with van der Waals surface area (Å²) in [5.74, 6) is 3.17. The average molecular weight is 480 g/mol. The highest BCUT2D eigenvalue weighted by Gasteiger charge is 2.16.